The molecule has 0 heterocycles. The van der Waals surface area contributed by atoms with Gasteiger partial charge in [0.25, 0.3) is 0 Å². The lowest BCUT2D eigenvalue weighted by Crippen LogP contribution is -1.98. The van der Waals surface area contributed by atoms with Crippen molar-refractivity contribution in [2.24, 2.45) is 0 Å². The molecular formula is C17H20ClNO. The average molecular weight is 290 g/mol. The molecule has 0 radical (unpaired) electrons. The van der Waals surface area contributed by atoms with E-state index in [1.165, 1.54) is 5.56 Å². The minimum atomic E-state index is 0.423. The standard InChI is InChI=1S/C17H20ClNO/c1-3-12(2)13-4-7-16(8-5-13)20-11-14-10-15(19)6-9-17(14)18/h4-10,12H,3,11,19H2,1-2H3. The van der Waals surface area contributed by atoms with Gasteiger partial charge in [-0.15, -0.1) is 0 Å². The highest BCUT2D eigenvalue weighted by molar-refractivity contribution is 6.31. The number of anilines is 1. The van der Waals surface area contributed by atoms with Gasteiger partial charge in [0.2, 0.25) is 0 Å². The molecule has 1 unspecified atom stereocenters. The lowest BCUT2D eigenvalue weighted by molar-refractivity contribution is 0.306. The Kier molecular flexibility index (Phi) is 4.91. The lowest BCUT2D eigenvalue weighted by Gasteiger charge is -2.11. The number of halogens is 1. The molecule has 20 heavy (non-hydrogen) atoms. The van der Waals surface area contributed by atoms with Crippen LogP contribution >= 0.6 is 11.6 Å². The van der Waals surface area contributed by atoms with Crippen molar-refractivity contribution in [1.82, 2.24) is 0 Å². The van der Waals surface area contributed by atoms with Gasteiger partial charge < -0.3 is 10.5 Å². The van der Waals surface area contributed by atoms with E-state index in [-0.39, 0.29) is 0 Å². The fraction of sp³-hybridized carbons (Fsp3) is 0.294. The Balaban J connectivity index is 2.02. The topological polar surface area (TPSA) is 35.2 Å². The quantitative estimate of drug-likeness (QED) is 0.785. The minimum Gasteiger partial charge on any atom is -0.489 e. The van der Waals surface area contributed by atoms with Crippen molar-refractivity contribution in [3.8, 4) is 5.75 Å². The van der Waals surface area contributed by atoms with Crippen LogP contribution in [0.25, 0.3) is 0 Å². The molecule has 2 aromatic carbocycles. The fourth-order valence-corrected chi connectivity index (χ4v) is 2.17. The van der Waals surface area contributed by atoms with Crippen molar-refractivity contribution in [3.05, 3.63) is 58.6 Å². The Hall–Kier alpha value is -1.67. The van der Waals surface area contributed by atoms with E-state index in [9.17, 15) is 0 Å². The van der Waals surface area contributed by atoms with Crippen LogP contribution < -0.4 is 10.5 Å². The number of hydrogen-bond donors (Lipinski definition) is 1. The van der Waals surface area contributed by atoms with Gasteiger partial charge in [-0.05, 0) is 48.2 Å². The van der Waals surface area contributed by atoms with E-state index < -0.39 is 0 Å². The van der Waals surface area contributed by atoms with Crippen molar-refractivity contribution < 1.29 is 4.74 Å². The second-order valence-electron chi connectivity index (χ2n) is 5.02. The van der Waals surface area contributed by atoms with E-state index in [2.05, 4.69) is 26.0 Å². The predicted molar refractivity (Wildman–Crippen MR) is 85.3 cm³/mol. The molecule has 2 rings (SSSR count). The van der Waals surface area contributed by atoms with Gasteiger partial charge >= 0.3 is 0 Å². The summed E-state index contributed by atoms with van der Waals surface area (Å²) in [6, 6.07) is 13.7. The summed E-state index contributed by atoms with van der Waals surface area (Å²) >= 11 is 6.11. The average Bonchev–Trinajstić information content (AvgIpc) is 2.48. The Morgan fingerprint density at radius 3 is 2.50 bits per heavy atom. The second kappa shape index (κ2) is 6.67. The van der Waals surface area contributed by atoms with Gasteiger partial charge in [0.15, 0.2) is 0 Å². The monoisotopic (exact) mass is 289 g/mol. The number of nitrogens with two attached hydrogens (primary N) is 1. The molecule has 3 heteroatoms. The molecule has 0 aliphatic heterocycles. The minimum absolute atomic E-state index is 0.423. The van der Waals surface area contributed by atoms with Crippen LogP contribution in [0.4, 0.5) is 5.69 Å². The maximum Gasteiger partial charge on any atom is 0.119 e. The zero-order valence-electron chi connectivity index (χ0n) is 11.9. The molecule has 0 spiro atoms. The highest BCUT2D eigenvalue weighted by Crippen LogP contribution is 2.24. The van der Waals surface area contributed by atoms with Crippen molar-refractivity contribution in [3.63, 3.8) is 0 Å². The molecule has 0 aliphatic carbocycles. The molecule has 2 aromatic rings. The third-order valence-corrected chi connectivity index (χ3v) is 3.89. The molecule has 1 atom stereocenters. The highest BCUT2D eigenvalue weighted by Gasteiger charge is 2.05. The van der Waals surface area contributed by atoms with Crippen molar-refractivity contribution in [2.45, 2.75) is 32.8 Å². The van der Waals surface area contributed by atoms with Crippen LogP contribution in [0.1, 0.15) is 37.3 Å². The van der Waals surface area contributed by atoms with E-state index >= 15 is 0 Å². The summed E-state index contributed by atoms with van der Waals surface area (Å²) in [6.45, 7) is 4.84. The van der Waals surface area contributed by atoms with Crippen LogP contribution in [0.3, 0.4) is 0 Å². The first-order chi connectivity index (χ1) is 9.60. The number of rotatable bonds is 5. The third kappa shape index (κ3) is 3.67. The van der Waals surface area contributed by atoms with Crippen LogP contribution in [-0.4, -0.2) is 0 Å². The highest BCUT2D eigenvalue weighted by atomic mass is 35.5. The van der Waals surface area contributed by atoms with Crippen molar-refractivity contribution in [2.75, 3.05) is 5.73 Å². The lowest BCUT2D eigenvalue weighted by atomic mass is 9.99. The summed E-state index contributed by atoms with van der Waals surface area (Å²) in [5.74, 6) is 1.42. The fourth-order valence-electron chi connectivity index (χ4n) is 1.99. The number of benzene rings is 2. The smallest absolute Gasteiger partial charge is 0.119 e. The van der Waals surface area contributed by atoms with Crippen LogP contribution in [0.5, 0.6) is 5.75 Å². The first-order valence-electron chi connectivity index (χ1n) is 6.86. The third-order valence-electron chi connectivity index (χ3n) is 3.53. The Bertz CT molecular complexity index is 566. The Morgan fingerprint density at radius 2 is 1.85 bits per heavy atom. The summed E-state index contributed by atoms with van der Waals surface area (Å²) in [4.78, 5) is 0. The maximum atomic E-state index is 6.11. The molecule has 0 fully saturated rings. The van der Waals surface area contributed by atoms with Crippen LogP contribution in [0.15, 0.2) is 42.5 Å². The first kappa shape index (κ1) is 14.7. The van der Waals surface area contributed by atoms with E-state index in [0.29, 0.717) is 23.2 Å². The van der Waals surface area contributed by atoms with Crippen LogP contribution in [0.2, 0.25) is 5.02 Å². The zero-order chi connectivity index (χ0) is 14.5. The summed E-state index contributed by atoms with van der Waals surface area (Å²) in [5.41, 5.74) is 8.68. The Morgan fingerprint density at radius 1 is 1.15 bits per heavy atom. The van der Waals surface area contributed by atoms with Crippen molar-refractivity contribution >= 4 is 17.3 Å². The maximum absolute atomic E-state index is 6.11. The largest absolute Gasteiger partial charge is 0.489 e. The molecule has 0 amide bonds. The van der Waals surface area contributed by atoms with Gasteiger partial charge in [0.05, 0.1) is 0 Å². The molecule has 0 bridgehead atoms. The van der Waals surface area contributed by atoms with Gasteiger partial charge in [-0.1, -0.05) is 37.6 Å². The normalized spacial score (nSPS) is 12.2. The van der Waals surface area contributed by atoms with E-state index in [0.717, 1.165) is 17.7 Å². The number of hydrogen-bond acceptors (Lipinski definition) is 2. The SMILES string of the molecule is CCC(C)c1ccc(OCc2cc(N)ccc2Cl)cc1. The summed E-state index contributed by atoms with van der Waals surface area (Å²) in [5, 5.41) is 0.676. The van der Waals surface area contributed by atoms with Crippen LogP contribution in [0, 0.1) is 0 Å². The summed E-state index contributed by atoms with van der Waals surface area (Å²) in [7, 11) is 0. The Labute approximate surface area is 125 Å². The van der Waals surface area contributed by atoms with Gasteiger partial charge in [0, 0.05) is 16.3 Å². The van der Waals surface area contributed by atoms with E-state index in [4.69, 9.17) is 22.1 Å². The molecule has 0 aromatic heterocycles. The van der Waals surface area contributed by atoms with Gasteiger partial charge in [-0.2, -0.15) is 0 Å². The molecule has 106 valence electrons. The number of nitrogen functional groups attached to an aromatic ring is 1. The molecule has 0 aliphatic rings. The first-order valence-corrected chi connectivity index (χ1v) is 7.24. The molecular weight excluding hydrogens is 270 g/mol. The summed E-state index contributed by atoms with van der Waals surface area (Å²) in [6.07, 6.45) is 1.14. The van der Waals surface area contributed by atoms with E-state index in [1.807, 2.05) is 18.2 Å². The predicted octanol–water partition coefficient (Wildman–Crippen LogP) is 5.01. The molecule has 2 nitrogen and oxygen atoms in total. The van der Waals surface area contributed by atoms with Gasteiger partial charge in [-0.25, -0.2) is 0 Å². The number of ether oxygens (including phenoxy) is 1. The summed E-state index contributed by atoms with van der Waals surface area (Å²) < 4.78 is 5.76. The molecule has 0 saturated heterocycles. The van der Waals surface area contributed by atoms with Crippen molar-refractivity contribution in [1.29, 1.82) is 0 Å². The van der Waals surface area contributed by atoms with E-state index in [1.54, 1.807) is 12.1 Å². The second-order valence-corrected chi connectivity index (χ2v) is 5.43. The van der Waals surface area contributed by atoms with Crippen LogP contribution in [-0.2, 0) is 6.61 Å². The van der Waals surface area contributed by atoms with Gasteiger partial charge in [0.1, 0.15) is 12.4 Å². The molecule has 2 N–H and O–H groups in total. The van der Waals surface area contributed by atoms with Gasteiger partial charge in [-0.3, -0.25) is 0 Å². The zero-order valence-corrected chi connectivity index (χ0v) is 12.7. The molecule has 0 saturated carbocycles.